The van der Waals surface area contributed by atoms with Crippen LogP contribution in [0.25, 0.3) is 32.9 Å². The first-order chi connectivity index (χ1) is 15.9. The third-order valence-corrected chi connectivity index (χ3v) is 6.88. The maximum absolute atomic E-state index is 13.7. The second-order valence-electron chi connectivity index (χ2n) is 9.16. The Hall–Kier alpha value is -3.98. The summed E-state index contributed by atoms with van der Waals surface area (Å²) >= 11 is 0. The molecule has 0 fully saturated rings. The fourth-order valence-corrected chi connectivity index (χ4v) is 5.27. The van der Waals surface area contributed by atoms with Crippen molar-refractivity contribution >= 4 is 27.6 Å². The molecule has 1 aliphatic carbocycles. The second-order valence-corrected chi connectivity index (χ2v) is 9.16. The minimum atomic E-state index is 0.0175. The highest BCUT2D eigenvalue weighted by Crippen LogP contribution is 2.34. The van der Waals surface area contributed by atoms with Crippen molar-refractivity contribution < 1.29 is 4.79 Å². The lowest BCUT2D eigenvalue weighted by Crippen LogP contribution is -2.18. The van der Waals surface area contributed by atoms with Gasteiger partial charge in [-0.1, -0.05) is 48.0 Å². The molecule has 3 heteroatoms. The van der Waals surface area contributed by atoms with E-state index in [2.05, 4.69) is 22.8 Å². The molecule has 33 heavy (non-hydrogen) atoms. The molecule has 0 N–H and O–H groups in total. The molecule has 1 aliphatic rings. The van der Waals surface area contributed by atoms with Gasteiger partial charge in [-0.25, -0.2) is 0 Å². The van der Waals surface area contributed by atoms with Crippen LogP contribution in [0.5, 0.6) is 0 Å². The fourth-order valence-electron chi connectivity index (χ4n) is 5.27. The van der Waals surface area contributed by atoms with E-state index in [1.807, 2.05) is 75.5 Å². The Labute approximate surface area is 191 Å². The molecule has 0 saturated heterocycles. The van der Waals surface area contributed by atoms with E-state index in [4.69, 9.17) is 0 Å². The fraction of sp³-hybridized carbons (Fsp3) is 0.133. The largest absolute Gasteiger partial charge is 0.343 e. The highest BCUT2D eigenvalue weighted by Gasteiger charge is 2.25. The summed E-state index contributed by atoms with van der Waals surface area (Å²) in [7, 11) is 1.99. The summed E-state index contributed by atoms with van der Waals surface area (Å²) < 4.78 is 2.08. The molecular weight excluding hydrogens is 406 g/mol. The molecular formula is C30H23NO2. The molecule has 0 unspecified atom stereocenters. The Morgan fingerprint density at radius 3 is 2.21 bits per heavy atom. The number of fused-ring (bicyclic) bond motifs is 4. The number of carbonyl (C=O) groups is 1. The highest BCUT2D eigenvalue weighted by molar-refractivity contribution is 6.14. The molecule has 0 bridgehead atoms. The number of nitrogens with zero attached hydrogens (tertiary/aromatic N) is 1. The summed E-state index contributed by atoms with van der Waals surface area (Å²) in [4.78, 5) is 27.1. The van der Waals surface area contributed by atoms with E-state index >= 15 is 0 Å². The van der Waals surface area contributed by atoms with Crippen LogP contribution < -0.4 is 5.43 Å². The van der Waals surface area contributed by atoms with Gasteiger partial charge in [0.1, 0.15) is 0 Å². The van der Waals surface area contributed by atoms with Gasteiger partial charge in [-0.15, -0.1) is 0 Å². The quantitative estimate of drug-likeness (QED) is 0.296. The van der Waals surface area contributed by atoms with E-state index < -0.39 is 0 Å². The SMILES string of the molecule is Cc1ccc2c(c1)C(=O)c1cc3c(cc1C2)c(=O)c1cc(C)cc(-c2ccccc2)c1n3C. The summed E-state index contributed by atoms with van der Waals surface area (Å²) in [5.74, 6) is 0.0385. The van der Waals surface area contributed by atoms with Gasteiger partial charge >= 0.3 is 0 Å². The molecule has 160 valence electrons. The number of aromatic nitrogens is 1. The van der Waals surface area contributed by atoms with Crippen molar-refractivity contribution in [1.82, 2.24) is 4.57 Å². The molecule has 5 aromatic rings. The third-order valence-electron chi connectivity index (χ3n) is 6.88. The van der Waals surface area contributed by atoms with Crippen molar-refractivity contribution in [3.05, 3.63) is 116 Å². The molecule has 0 saturated carbocycles. The molecule has 1 heterocycles. The lowest BCUT2D eigenvalue weighted by molar-refractivity contribution is 0.103. The summed E-state index contributed by atoms with van der Waals surface area (Å²) in [5.41, 5.74) is 9.34. The predicted octanol–water partition coefficient (Wildman–Crippen LogP) is 6.11. The zero-order chi connectivity index (χ0) is 22.9. The zero-order valence-corrected chi connectivity index (χ0v) is 18.9. The Balaban J connectivity index is 1.70. The number of pyridine rings is 1. The Morgan fingerprint density at radius 1 is 0.697 bits per heavy atom. The van der Waals surface area contributed by atoms with Gasteiger partial charge < -0.3 is 4.57 Å². The molecule has 0 aliphatic heterocycles. The molecule has 1 aromatic heterocycles. The van der Waals surface area contributed by atoms with E-state index in [0.29, 0.717) is 22.8 Å². The first-order valence-corrected chi connectivity index (χ1v) is 11.2. The lowest BCUT2D eigenvalue weighted by Gasteiger charge is -2.21. The van der Waals surface area contributed by atoms with Crippen LogP contribution in [0.15, 0.2) is 77.6 Å². The van der Waals surface area contributed by atoms with Crippen molar-refractivity contribution in [2.75, 3.05) is 0 Å². The van der Waals surface area contributed by atoms with Gasteiger partial charge in [-0.2, -0.15) is 0 Å². The molecule has 6 rings (SSSR count). The van der Waals surface area contributed by atoms with E-state index in [9.17, 15) is 9.59 Å². The van der Waals surface area contributed by atoms with E-state index in [1.54, 1.807) is 0 Å². The number of carbonyl (C=O) groups excluding carboxylic acids is 1. The van der Waals surface area contributed by atoms with Gasteiger partial charge in [-0.3, -0.25) is 9.59 Å². The van der Waals surface area contributed by atoms with Gasteiger partial charge in [0.05, 0.1) is 11.0 Å². The van der Waals surface area contributed by atoms with Crippen LogP contribution in [0.3, 0.4) is 0 Å². The average molecular weight is 430 g/mol. The van der Waals surface area contributed by atoms with Crippen LogP contribution in [0.1, 0.15) is 38.2 Å². The van der Waals surface area contributed by atoms with Crippen LogP contribution in [0, 0.1) is 13.8 Å². The molecule has 0 radical (unpaired) electrons. The molecule has 0 spiro atoms. The minimum absolute atomic E-state index is 0.0175. The molecule has 0 amide bonds. The van der Waals surface area contributed by atoms with Crippen LogP contribution in [-0.2, 0) is 13.5 Å². The molecule has 4 aromatic carbocycles. The maximum atomic E-state index is 13.7. The van der Waals surface area contributed by atoms with Crippen molar-refractivity contribution in [3.63, 3.8) is 0 Å². The van der Waals surface area contributed by atoms with Crippen molar-refractivity contribution in [1.29, 1.82) is 0 Å². The number of rotatable bonds is 1. The summed E-state index contributed by atoms with van der Waals surface area (Å²) in [6.07, 6.45) is 0.664. The smallest absolute Gasteiger partial charge is 0.197 e. The number of hydrogen-bond donors (Lipinski definition) is 0. The summed E-state index contributed by atoms with van der Waals surface area (Å²) in [6, 6.07) is 24.2. The number of ketones is 1. The van der Waals surface area contributed by atoms with Gasteiger partial charge in [0, 0.05) is 34.5 Å². The Kier molecular flexibility index (Phi) is 4.18. The Morgan fingerprint density at radius 2 is 1.42 bits per heavy atom. The third kappa shape index (κ3) is 2.89. The topological polar surface area (TPSA) is 39.1 Å². The number of aryl methyl sites for hydroxylation is 3. The first-order valence-electron chi connectivity index (χ1n) is 11.2. The van der Waals surface area contributed by atoms with E-state index in [-0.39, 0.29) is 11.2 Å². The van der Waals surface area contributed by atoms with E-state index in [0.717, 1.165) is 50.0 Å². The lowest BCUT2D eigenvalue weighted by atomic mass is 9.83. The predicted molar refractivity (Wildman–Crippen MR) is 134 cm³/mol. The molecule has 3 nitrogen and oxygen atoms in total. The Bertz CT molecular complexity index is 1690. The zero-order valence-electron chi connectivity index (χ0n) is 18.9. The first kappa shape index (κ1) is 19.7. The van der Waals surface area contributed by atoms with Crippen molar-refractivity contribution in [2.45, 2.75) is 20.3 Å². The van der Waals surface area contributed by atoms with Crippen molar-refractivity contribution in [3.8, 4) is 11.1 Å². The van der Waals surface area contributed by atoms with Crippen LogP contribution in [0.2, 0.25) is 0 Å². The second kappa shape index (κ2) is 7.01. The van der Waals surface area contributed by atoms with Gasteiger partial charge in [0.15, 0.2) is 11.2 Å². The van der Waals surface area contributed by atoms with Gasteiger partial charge in [0.2, 0.25) is 0 Å². The van der Waals surface area contributed by atoms with Crippen LogP contribution >= 0.6 is 0 Å². The van der Waals surface area contributed by atoms with Crippen LogP contribution in [0.4, 0.5) is 0 Å². The highest BCUT2D eigenvalue weighted by atomic mass is 16.1. The van der Waals surface area contributed by atoms with Gasteiger partial charge in [0.25, 0.3) is 0 Å². The van der Waals surface area contributed by atoms with Crippen LogP contribution in [-0.4, -0.2) is 10.4 Å². The standard InChI is InChI=1S/C30H23NO2/c1-17-9-10-20-14-21-15-25-27(16-24(21)29(32)23(20)11-17)31(3)28-22(19-7-5-4-6-8-19)12-18(2)13-26(28)30(25)33/h4-13,15-16H,14H2,1-3H3. The summed E-state index contributed by atoms with van der Waals surface area (Å²) in [5, 5.41) is 1.37. The number of hydrogen-bond acceptors (Lipinski definition) is 2. The van der Waals surface area contributed by atoms with Crippen molar-refractivity contribution in [2.24, 2.45) is 7.05 Å². The van der Waals surface area contributed by atoms with Gasteiger partial charge in [-0.05, 0) is 72.9 Å². The minimum Gasteiger partial charge on any atom is -0.343 e. The summed E-state index contributed by atoms with van der Waals surface area (Å²) in [6.45, 7) is 4.03. The van der Waals surface area contributed by atoms with E-state index in [1.165, 1.54) is 0 Å². The maximum Gasteiger partial charge on any atom is 0.197 e. The normalized spacial score (nSPS) is 12.8. The number of benzene rings is 4. The average Bonchev–Trinajstić information content (AvgIpc) is 2.82. The molecule has 0 atom stereocenters. The monoisotopic (exact) mass is 429 g/mol.